The summed E-state index contributed by atoms with van der Waals surface area (Å²) in [6, 6.07) is 0. The number of allylic oxidation sites excluding steroid dienone is 26. The quantitative estimate of drug-likeness (QED) is 0.0195. The molecule has 0 bridgehead atoms. The number of hydrogen-bond donors (Lipinski definition) is 0. The SMILES string of the molecule is CC/C=C\C/C=C\C/C=C\C/C=C\C/C=C\C/C=C\C/C=C\C/C=C\CCCCCCC(=O)OC(COC(=O)CCC/C=C\C/C=C\C/C=C\C/C=C\C/C=C\CC)COP(=O)([O-])OCC[N+](C)(C)C. The average Bonchev–Trinajstić information content (AvgIpc) is 3.32. The van der Waals surface area contributed by atoms with E-state index < -0.39 is 32.5 Å². The molecule has 0 radical (unpaired) electrons. The number of phosphoric ester groups is 1. The molecule has 392 valence electrons. The Hall–Kier alpha value is -4.37. The number of quaternary nitrogens is 1. The van der Waals surface area contributed by atoms with Crippen LogP contribution in [0.2, 0.25) is 0 Å². The maximum absolute atomic E-state index is 12.8. The second-order valence-electron chi connectivity index (χ2n) is 17.8. The van der Waals surface area contributed by atoms with Gasteiger partial charge in [0.05, 0.1) is 27.7 Å². The highest BCUT2D eigenvalue weighted by Crippen LogP contribution is 2.38. The topological polar surface area (TPSA) is 111 Å². The summed E-state index contributed by atoms with van der Waals surface area (Å²) in [5.41, 5.74) is 0. The van der Waals surface area contributed by atoms with Gasteiger partial charge >= 0.3 is 11.9 Å². The average molecular weight is 988 g/mol. The second-order valence-corrected chi connectivity index (χ2v) is 19.2. The maximum atomic E-state index is 12.8. The van der Waals surface area contributed by atoms with Crippen LogP contribution in [0.3, 0.4) is 0 Å². The fourth-order valence-electron chi connectivity index (χ4n) is 6.06. The number of carbonyl (C=O) groups excluding carboxylic acids is 2. The Morgan fingerprint density at radius 1 is 0.443 bits per heavy atom. The first kappa shape index (κ1) is 65.6. The Morgan fingerprint density at radius 2 is 0.786 bits per heavy atom. The zero-order valence-corrected chi connectivity index (χ0v) is 45.0. The van der Waals surface area contributed by atoms with Crippen LogP contribution in [-0.4, -0.2) is 70.0 Å². The van der Waals surface area contributed by atoms with Crippen LogP contribution in [0.15, 0.2) is 158 Å². The zero-order valence-electron chi connectivity index (χ0n) is 44.1. The fraction of sp³-hybridized carbons (Fsp3) is 0.533. The Kier molecular flexibility index (Phi) is 46.5. The molecule has 0 aromatic rings. The largest absolute Gasteiger partial charge is 0.756 e. The van der Waals surface area contributed by atoms with Crippen LogP contribution < -0.4 is 4.89 Å². The number of likely N-dealkylation sites (N-methyl/N-ethyl adjacent to an activating group) is 1. The number of esters is 2. The van der Waals surface area contributed by atoms with Crippen molar-refractivity contribution < 1.29 is 42.1 Å². The van der Waals surface area contributed by atoms with E-state index in [1.807, 2.05) is 27.2 Å². The zero-order chi connectivity index (χ0) is 51.3. The number of carbonyl (C=O) groups is 2. The van der Waals surface area contributed by atoms with Crippen molar-refractivity contribution in [3.63, 3.8) is 0 Å². The molecule has 0 fully saturated rings. The van der Waals surface area contributed by atoms with E-state index in [0.717, 1.165) is 109 Å². The van der Waals surface area contributed by atoms with Crippen LogP contribution in [0.1, 0.15) is 155 Å². The van der Waals surface area contributed by atoms with E-state index in [2.05, 4.69) is 166 Å². The Morgan fingerprint density at radius 3 is 1.17 bits per heavy atom. The molecule has 0 rings (SSSR count). The van der Waals surface area contributed by atoms with Crippen molar-refractivity contribution in [3.05, 3.63) is 158 Å². The van der Waals surface area contributed by atoms with E-state index in [1.165, 1.54) is 0 Å². The van der Waals surface area contributed by atoms with Gasteiger partial charge in [-0.15, -0.1) is 0 Å². The van der Waals surface area contributed by atoms with Gasteiger partial charge < -0.3 is 27.9 Å². The van der Waals surface area contributed by atoms with E-state index in [9.17, 15) is 19.0 Å². The molecule has 0 saturated heterocycles. The number of ether oxygens (including phenoxy) is 2. The third-order valence-corrected chi connectivity index (χ3v) is 11.0. The van der Waals surface area contributed by atoms with E-state index in [1.54, 1.807) is 0 Å². The summed E-state index contributed by atoms with van der Waals surface area (Å²) in [5, 5.41) is 0. The van der Waals surface area contributed by atoms with Crippen LogP contribution in [-0.2, 0) is 32.7 Å². The van der Waals surface area contributed by atoms with Crippen molar-refractivity contribution in [1.29, 1.82) is 0 Å². The van der Waals surface area contributed by atoms with Crippen LogP contribution in [0.4, 0.5) is 0 Å². The highest BCUT2D eigenvalue weighted by molar-refractivity contribution is 7.45. The molecule has 0 heterocycles. The lowest BCUT2D eigenvalue weighted by Crippen LogP contribution is -2.37. The highest BCUT2D eigenvalue weighted by Gasteiger charge is 2.21. The van der Waals surface area contributed by atoms with Gasteiger partial charge in [-0.25, -0.2) is 0 Å². The highest BCUT2D eigenvalue weighted by atomic mass is 31.2. The van der Waals surface area contributed by atoms with Gasteiger partial charge in [-0.05, 0) is 116 Å². The van der Waals surface area contributed by atoms with Crippen molar-refractivity contribution in [2.45, 2.75) is 161 Å². The van der Waals surface area contributed by atoms with Crippen LogP contribution >= 0.6 is 7.82 Å². The third kappa shape index (κ3) is 53.0. The third-order valence-electron chi connectivity index (χ3n) is 10.0. The molecule has 9 nitrogen and oxygen atoms in total. The van der Waals surface area contributed by atoms with Gasteiger partial charge in [0.1, 0.15) is 19.8 Å². The van der Waals surface area contributed by atoms with Gasteiger partial charge in [0.25, 0.3) is 7.82 Å². The minimum Gasteiger partial charge on any atom is -0.756 e. The van der Waals surface area contributed by atoms with Gasteiger partial charge in [-0.3, -0.25) is 14.2 Å². The van der Waals surface area contributed by atoms with Gasteiger partial charge in [0.2, 0.25) is 0 Å². The molecule has 0 aliphatic carbocycles. The summed E-state index contributed by atoms with van der Waals surface area (Å²) >= 11 is 0. The lowest BCUT2D eigenvalue weighted by atomic mass is 10.1. The molecule has 0 aliphatic heterocycles. The molecule has 0 aromatic heterocycles. The van der Waals surface area contributed by atoms with Crippen molar-refractivity contribution in [2.24, 2.45) is 0 Å². The first-order valence-electron chi connectivity index (χ1n) is 26.2. The van der Waals surface area contributed by atoms with Crippen molar-refractivity contribution in [2.75, 3.05) is 47.5 Å². The van der Waals surface area contributed by atoms with Gasteiger partial charge in [-0.2, -0.15) is 0 Å². The monoisotopic (exact) mass is 988 g/mol. The lowest BCUT2D eigenvalue weighted by molar-refractivity contribution is -0.870. The van der Waals surface area contributed by atoms with Crippen molar-refractivity contribution >= 4 is 19.8 Å². The lowest BCUT2D eigenvalue weighted by Gasteiger charge is -2.28. The number of nitrogens with zero attached hydrogens (tertiary/aromatic N) is 1. The predicted molar refractivity (Wildman–Crippen MR) is 295 cm³/mol. The minimum absolute atomic E-state index is 0.0554. The molecule has 0 aliphatic rings. The number of rotatable bonds is 45. The van der Waals surface area contributed by atoms with Gasteiger partial charge in [0, 0.05) is 12.8 Å². The molecule has 2 unspecified atom stereocenters. The summed E-state index contributed by atoms with van der Waals surface area (Å²) < 4.78 is 33.9. The predicted octanol–water partition coefficient (Wildman–Crippen LogP) is 15.5. The molecule has 2 atom stereocenters. The second kappa shape index (κ2) is 49.6. The summed E-state index contributed by atoms with van der Waals surface area (Å²) in [5.74, 6) is -0.950. The van der Waals surface area contributed by atoms with E-state index >= 15 is 0 Å². The molecule has 0 aromatic carbocycles. The first-order chi connectivity index (χ1) is 34.0. The summed E-state index contributed by atoms with van der Waals surface area (Å²) in [4.78, 5) is 37.7. The summed E-state index contributed by atoms with van der Waals surface area (Å²) in [7, 11) is 1.09. The summed E-state index contributed by atoms with van der Waals surface area (Å²) in [6.07, 6.45) is 74.3. The minimum atomic E-state index is -4.67. The molecule has 70 heavy (non-hydrogen) atoms. The van der Waals surface area contributed by atoms with Crippen LogP contribution in [0, 0.1) is 0 Å². The molecule has 0 saturated carbocycles. The molecule has 0 amide bonds. The molecule has 0 spiro atoms. The first-order valence-corrected chi connectivity index (χ1v) is 27.7. The molecule has 10 heteroatoms. The van der Waals surface area contributed by atoms with E-state index in [0.29, 0.717) is 30.3 Å². The van der Waals surface area contributed by atoms with Gasteiger partial charge in [0.15, 0.2) is 6.10 Å². The number of phosphoric acid groups is 1. The Balaban J connectivity index is 4.41. The number of hydrogen-bond acceptors (Lipinski definition) is 8. The number of unbranched alkanes of at least 4 members (excludes halogenated alkanes) is 5. The van der Waals surface area contributed by atoms with E-state index in [4.69, 9.17) is 18.5 Å². The normalized spacial score (nSPS) is 14.7. The Bertz CT molecular complexity index is 1730. The van der Waals surface area contributed by atoms with Crippen molar-refractivity contribution in [3.8, 4) is 0 Å². The Labute approximate surface area is 426 Å². The van der Waals surface area contributed by atoms with E-state index in [-0.39, 0.29) is 26.1 Å². The smallest absolute Gasteiger partial charge is 0.306 e. The van der Waals surface area contributed by atoms with Crippen LogP contribution in [0.5, 0.6) is 0 Å². The standard InChI is InChI=1S/C60H94NO8P/c1-6-8-10-12-14-16-18-20-22-24-25-26-27-28-29-30-31-32-33-34-35-37-39-41-43-45-47-49-51-53-60(63)69-58(57-68-70(64,65)67-55-54-61(3,4)5)56-66-59(62)52-50-48-46-44-42-40-38-36-23-21-19-17-15-13-11-9-7-2/h8-11,14-17,20-23,25-26,28-29,31-32,34-35,38-41,44,46,58H,6-7,12-13,18-19,24,27,30,33,36-37,42-43,45,47-57H2,1-5H3/b10-8-,11-9-,16-14-,17-15-,22-20-,23-21-,26-25-,29-28-,32-31-,35-34-,40-38-,41-39-,46-44-. The van der Waals surface area contributed by atoms with Gasteiger partial charge in [-0.1, -0.05) is 185 Å². The molecular weight excluding hydrogens is 894 g/mol. The van der Waals surface area contributed by atoms with Crippen LogP contribution in [0.25, 0.3) is 0 Å². The maximum Gasteiger partial charge on any atom is 0.306 e. The molecule has 0 N–H and O–H groups in total. The summed E-state index contributed by atoms with van der Waals surface area (Å²) in [6.45, 7) is 3.87. The molecular formula is C60H94NO8P. The fourth-order valence-corrected chi connectivity index (χ4v) is 6.79. The van der Waals surface area contributed by atoms with Crippen molar-refractivity contribution in [1.82, 2.24) is 0 Å².